The van der Waals surface area contributed by atoms with Gasteiger partial charge in [0.2, 0.25) is 0 Å². The van der Waals surface area contributed by atoms with Crippen molar-refractivity contribution in [2.24, 2.45) is 0 Å². The number of alkyl halides is 3. The SMILES string of the molecule is CCc1cc(OC(C)=O)ccc1-c1ccc(OCc2ccc(C(F)(F)F)c(O)c2C(=O)OC(C)(C)C)cc1. The Labute approximate surface area is 219 Å². The summed E-state index contributed by atoms with van der Waals surface area (Å²) in [4.78, 5) is 23.9. The van der Waals surface area contributed by atoms with E-state index in [0.29, 0.717) is 24.0 Å². The number of hydrogen-bond donors (Lipinski definition) is 1. The lowest BCUT2D eigenvalue weighted by molar-refractivity contribution is -0.138. The van der Waals surface area contributed by atoms with E-state index in [-0.39, 0.29) is 12.2 Å². The van der Waals surface area contributed by atoms with Gasteiger partial charge < -0.3 is 19.3 Å². The van der Waals surface area contributed by atoms with Gasteiger partial charge in [-0.25, -0.2) is 4.79 Å². The molecule has 0 aliphatic heterocycles. The van der Waals surface area contributed by atoms with E-state index < -0.39 is 40.6 Å². The molecule has 3 aromatic rings. The Hall–Kier alpha value is -4.01. The minimum Gasteiger partial charge on any atom is -0.506 e. The van der Waals surface area contributed by atoms with Crippen molar-refractivity contribution >= 4 is 11.9 Å². The van der Waals surface area contributed by atoms with Crippen LogP contribution in [0.4, 0.5) is 13.2 Å². The lowest BCUT2D eigenvalue weighted by Crippen LogP contribution is -2.25. The number of hydrogen-bond acceptors (Lipinski definition) is 6. The van der Waals surface area contributed by atoms with E-state index in [4.69, 9.17) is 14.2 Å². The smallest absolute Gasteiger partial charge is 0.419 e. The third kappa shape index (κ3) is 7.06. The van der Waals surface area contributed by atoms with Gasteiger partial charge in [-0.1, -0.05) is 31.2 Å². The summed E-state index contributed by atoms with van der Waals surface area (Å²) in [5.74, 6) is -1.83. The maximum atomic E-state index is 13.4. The largest absolute Gasteiger partial charge is 0.506 e. The standard InChI is InChI=1S/C29H29F3O6/c1-6-18-15-22(37-17(2)33)12-13-23(18)19-7-10-21(11-8-19)36-16-20-9-14-24(29(30,31)32)26(34)25(20)27(35)38-28(3,4)5/h7-15,34H,6,16H2,1-5H3. The Bertz CT molecular complexity index is 1320. The fourth-order valence-corrected chi connectivity index (χ4v) is 3.80. The van der Waals surface area contributed by atoms with Gasteiger partial charge in [-0.2, -0.15) is 13.2 Å². The van der Waals surface area contributed by atoms with Crippen LogP contribution in [0.15, 0.2) is 54.6 Å². The Morgan fingerprint density at radius 3 is 2.08 bits per heavy atom. The van der Waals surface area contributed by atoms with Crippen LogP contribution < -0.4 is 9.47 Å². The minimum absolute atomic E-state index is 0.0446. The fourth-order valence-electron chi connectivity index (χ4n) is 3.80. The molecule has 6 nitrogen and oxygen atoms in total. The minimum atomic E-state index is -4.86. The number of esters is 2. The summed E-state index contributed by atoms with van der Waals surface area (Å²) in [5, 5.41) is 10.3. The molecular weight excluding hydrogens is 501 g/mol. The number of ether oxygens (including phenoxy) is 3. The van der Waals surface area contributed by atoms with Crippen molar-refractivity contribution in [3.05, 3.63) is 76.9 Å². The van der Waals surface area contributed by atoms with Gasteiger partial charge in [0.15, 0.2) is 0 Å². The van der Waals surface area contributed by atoms with Crippen molar-refractivity contribution in [2.45, 2.75) is 59.4 Å². The van der Waals surface area contributed by atoms with Crippen LogP contribution in [-0.2, 0) is 28.7 Å². The van der Waals surface area contributed by atoms with Gasteiger partial charge in [0.1, 0.15) is 35.0 Å². The van der Waals surface area contributed by atoms with Gasteiger partial charge in [-0.05, 0) is 74.2 Å². The molecule has 0 saturated carbocycles. The van der Waals surface area contributed by atoms with E-state index in [2.05, 4.69) is 0 Å². The number of phenolic OH excluding ortho intramolecular Hbond substituents is 1. The monoisotopic (exact) mass is 530 g/mol. The van der Waals surface area contributed by atoms with E-state index in [1.54, 1.807) is 45.0 Å². The molecule has 0 bridgehead atoms. The summed E-state index contributed by atoms with van der Waals surface area (Å²) < 4.78 is 56.2. The molecular formula is C29H29F3O6. The van der Waals surface area contributed by atoms with Crippen LogP contribution in [0.5, 0.6) is 17.2 Å². The first-order valence-electron chi connectivity index (χ1n) is 11.9. The van der Waals surface area contributed by atoms with E-state index in [0.717, 1.165) is 22.8 Å². The number of carbonyl (C=O) groups is 2. The molecule has 0 saturated heterocycles. The predicted molar refractivity (Wildman–Crippen MR) is 135 cm³/mol. The quantitative estimate of drug-likeness (QED) is 0.259. The average molecular weight is 531 g/mol. The van der Waals surface area contributed by atoms with Crippen molar-refractivity contribution in [2.75, 3.05) is 0 Å². The van der Waals surface area contributed by atoms with Crippen molar-refractivity contribution in [1.29, 1.82) is 0 Å². The Balaban J connectivity index is 1.86. The first kappa shape index (κ1) is 28.6. The highest BCUT2D eigenvalue weighted by Crippen LogP contribution is 2.40. The number of aryl methyl sites for hydroxylation is 1. The lowest BCUT2D eigenvalue weighted by Gasteiger charge is -2.22. The molecule has 0 amide bonds. The van der Waals surface area contributed by atoms with Crippen LogP contribution in [0.2, 0.25) is 0 Å². The molecule has 202 valence electrons. The third-order valence-corrected chi connectivity index (χ3v) is 5.45. The summed E-state index contributed by atoms with van der Waals surface area (Å²) >= 11 is 0. The average Bonchev–Trinajstić information content (AvgIpc) is 2.80. The van der Waals surface area contributed by atoms with Crippen LogP contribution in [-0.4, -0.2) is 22.6 Å². The number of phenols is 1. The van der Waals surface area contributed by atoms with Crippen molar-refractivity contribution in [3.63, 3.8) is 0 Å². The van der Waals surface area contributed by atoms with Crippen LogP contribution in [0, 0.1) is 0 Å². The van der Waals surface area contributed by atoms with Gasteiger partial charge in [-0.15, -0.1) is 0 Å². The Morgan fingerprint density at radius 2 is 1.53 bits per heavy atom. The molecule has 0 radical (unpaired) electrons. The normalized spacial score (nSPS) is 11.7. The highest BCUT2D eigenvalue weighted by Gasteiger charge is 2.37. The first-order chi connectivity index (χ1) is 17.7. The summed E-state index contributed by atoms with van der Waals surface area (Å²) in [5.41, 5.74) is -0.0769. The molecule has 1 N–H and O–H groups in total. The van der Waals surface area contributed by atoms with Crippen molar-refractivity contribution in [3.8, 4) is 28.4 Å². The number of carbonyl (C=O) groups excluding carboxylic acids is 2. The van der Waals surface area contributed by atoms with E-state index >= 15 is 0 Å². The highest BCUT2D eigenvalue weighted by molar-refractivity contribution is 5.95. The molecule has 3 aromatic carbocycles. The van der Waals surface area contributed by atoms with Crippen LogP contribution in [0.3, 0.4) is 0 Å². The van der Waals surface area contributed by atoms with Gasteiger partial charge in [-0.3, -0.25) is 4.79 Å². The Kier molecular flexibility index (Phi) is 8.39. The number of aromatic hydroxyl groups is 1. The molecule has 0 aromatic heterocycles. The van der Waals surface area contributed by atoms with Gasteiger partial charge in [0, 0.05) is 12.5 Å². The van der Waals surface area contributed by atoms with Crippen LogP contribution >= 0.6 is 0 Å². The highest BCUT2D eigenvalue weighted by atomic mass is 19.4. The van der Waals surface area contributed by atoms with Crippen LogP contribution in [0.25, 0.3) is 11.1 Å². The van der Waals surface area contributed by atoms with Gasteiger partial charge in [0.25, 0.3) is 0 Å². The number of rotatable bonds is 7. The fraction of sp³-hybridized carbons (Fsp3) is 0.310. The van der Waals surface area contributed by atoms with Gasteiger partial charge >= 0.3 is 18.1 Å². The molecule has 9 heteroatoms. The second-order valence-electron chi connectivity index (χ2n) is 9.57. The molecule has 0 aliphatic rings. The van der Waals surface area contributed by atoms with E-state index in [9.17, 15) is 27.9 Å². The zero-order chi connectivity index (χ0) is 28.3. The summed E-state index contributed by atoms with van der Waals surface area (Å²) in [7, 11) is 0. The van der Waals surface area contributed by atoms with E-state index in [1.807, 2.05) is 25.1 Å². The molecule has 0 atom stereocenters. The summed E-state index contributed by atoms with van der Waals surface area (Å²) in [6.45, 7) is 7.75. The molecule has 0 heterocycles. The summed E-state index contributed by atoms with van der Waals surface area (Å²) in [6.07, 6.45) is -4.16. The van der Waals surface area contributed by atoms with Crippen molar-refractivity contribution in [1.82, 2.24) is 0 Å². The molecule has 0 spiro atoms. The third-order valence-electron chi connectivity index (χ3n) is 5.45. The van der Waals surface area contributed by atoms with Crippen LogP contribution in [0.1, 0.15) is 61.7 Å². The number of benzene rings is 3. The topological polar surface area (TPSA) is 82.1 Å². The molecule has 0 unspecified atom stereocenters. The first-order valence-corrected chi connectivity index (χ1v) is 11.9. The van der Waals surface area contributed by atoms with Crippen molar-refractivity contribution < 1.29 is 42.1 Å². The Morgan fingerprint density at radius 1 is 0.895 bits per heavy atom. The zero-order valence-corrected chi connectivity index (χ0v) is 21.7. The second kappa shape index (κ2) is 11.2. The zero-order valence-electron chi connectivity index (χ0n) is 21.7. The second-order valence-corrected chi connectivity index (χ2v) is 9.57. The summed E-state index contributed by atoms with van der Waals surface area (Å²) in [6, 6.07) is 14.2. The lowest BCUT2D eigenvalue weighted by atomic mass is 9.98. The molecule has 38 heavy (non-hydrogen) atoms. The molecule has 3 rings (SSSR count). The van der Waals surface area contributed by atoms with Gasteiger partial charge in [0.05, 0.1) is 5.56 Å². The number of halogens is 3. The predicted octanol–water partition coefficient (Wildman–Crippen LogP) is 7.10. The van der Waals surface area contributed by atoms with E-state index in [1.165, 1.54) is 6.92 Å². The maximum absolute atomic E-state index is 13.4. The molecule has 0 aliphatic carbocycles. The molecule has 0 fully saturated rings. The maximum Gasteiger partial charge on any atom is 0.419 e.